The van der Waals surface area contributed by atoms with Crippen LogP contribution >= 0.6 is 0 Å². The van der Waals surface area contributed by atoms with Gasteiger partial charge in [0.1, 0.15) is 0 Å². The lowest BCUT2D eigenvalue weighted by Gasteiger charge is -2.00. The van der Waals surface area contributed by atoms with Crippen LogP contribution in [0.2, 0.25) is 0 Å². The largest absolute Gasteiger partial charge is 0.0998 e. The number of allylic oxidation sites excluding steroid dienone is 3. The van der Waals surface area contributed by atoms with Gasteiger partial charge in [-0.05, 0) is 32.3 Å². The van der Waals surface area contributed by atoms with Gasteiger partial charge in [-0.3, -0.25) is 0 Å². The molecule has 0 heteroatoms. The highest BCUT2D eigenvalue weighted by atomic mass is 14.0. The van der Waals surface area contributed by atoms with E-state index in [1.54, 1.807) is 0 Å². The Morgan fingerprint density at radius 3 is 2.43 bits per heavy atom. The Morgan fingerprint density at radius 1 is 1.21 bits per heavy atom. The highest BCUT2D eigenvalue weighted by Gasteiger charge is 1.91. The summed E-state index contributed by atoms with van der Waals surface area (Å²) in [4.78, 5) is 0. The Morgan fingerprint density at radius 2 is 1.86 bits per heavy atom. The van der Waals surface area contributed by atoms with Gasteiger partial charge in [-0.1, -0.05) is 54.1 Å². The predicted octanol–water partition coefficient (Wildman–Crippen LogP) is 4.14. The molecule has 74 valence electrons. The summed E-state index contributed by atoms with van der Waals surface area (Å²) in [6.45, 7) is 8.14. The van der Waals surface area contributed by atoms with Crippen LogP contribution in [0.25, 0.3) is 0 Å². The quantitative estimate of drug-likeness (QED) is 0.620. The second kappa shape index (κ2) is 5.43. The SMILES string of the molecule is C=C(C)C/C(C)=C/Cc1ccccc1. The fourth-order valence-electron chi connectivity index (χ4n) is 1.45. The van der Waals surface area contributed by atoms with Crippen LogP contribution < -0.4 is 0 Å². The normalized spacial score (nSPS) is 11.4. The second-order valence-electron chi connectivity index (χ2n) is 3.87. The second-order valence-corrected chi connectivity index (χ2v) is 3.87. The van der Waals surface area contributed by atoms with E-state index in [0.29, 0.717) is 0 Å². The van der Waals surface area contributed by atoms with Crippen LogP contribution in [-0.4, -0.2) is 0 Å². The van der Waals surface area contributed by atoms with Crippen molar-refractivity contribution in [3.05, 3.63) is 59.7 Å². The van der Waals surface area contributed by atoms with Crippen LogP contribution in [0.3, 0.4) is 0 Å². The van der Waals surface area contributed by atoms with Crippen LogP contribution in [-0.2, 0) is 6.42 Å². The maximum absolute atomic E-state index is 3.91. The van der Waals surface area contributed by atoms with Crippen molar-refractivity contribution in [3.8, 4) is 0 Å². The third kappa shape index (κ3) is 4.08. The molecule has 1 aromatic rings. The Bertz CT molecular complexity index is 317. The molecule has 0 aromatic heterocycles. The summed E-state index contributed by atoms with van der Waals surface area (Å²) >= 11 is 0. The van der Waals surface area contributed by atoms with Gasteiger partial charge < -0.3 is 0 Å². The number of benzene rings is 1. The third-order valence-electron chi connectivity index (χ3n) is 2.11. The minimum absolute atomic E-state index is 1.02. The molecule has 0 amide bonds. The summed E-state index contributed by atoms with van der Waals surface area (Å²) in [5.41, 5.74) is 4.00. The molecule has 1 aromatic carbocycles. The van der Waals surface area contributed by atoms with E-state index in [9.17, 15) is 0 Å². The van der Waals surface area contributed by atoms with Gasteiger partial charge in [0.15, 0.2) is 0 Å². The van der Waals surface area contributed by atoms with E-state index < -0.39 is 0 Å². The Kier molecular flexibility index (Phi) is 4.18. The van der Waals surface area contributed by atoms with Gasteiger partial charge in [0.25, 0.3) is 0 Å². The molecule has 0 nitrogen and oxygen atoms in total. The number of hydrogen-bond acceptors (Lipinski definition) is 0. The molecule has 1 rings (SSSR count). The molecule has 0 fully saturated rings. The predicted molar refractivity (Wildman–Crippen MR) is 63.3 cm³/mol. The van der Waals surface area contributed by atoms with E-state index in [0.717, 1.165) is 12.8 Å². The summed E-state index contributed by atoms with van der Waals surface area (Å²) in [6.07, 6.45) is 4.33. The van der Waals surface area contributed by atoms with Crippen molar-refractivity contribution < 1.29 is 0 Å². The van der Waals surface area contributed by atoms with E-state index in [4.69, 9.17) is 0 Å². The Hall–Kier alpha value is -1.30. The molecule has 0 bridgehead atoms. The molecule has 0 saturated heterocycles. The van der Waals surface area contributed by atoms with Gasteiger partial charge in [-0.15, -0.1) is 0 Å². The molecule has 0 aliphatic carbocycles. The van der Waals surface area contributed by atoms with Crippen molar-refractivity contribution in [1.29, 1.82) is 0 Å². The molecule has 0 heterocycles. The molecular weight excluding hydrogens is 168 g/mol. The fourth-order valence-corrected chi connectivity index (χ4v) is 1.45. The average Bonchev–Trinajstić information content (AvgIpc) is 2.15. The standard InChI is InChI=1S/C14H18/c1-12(2)11-13(3)9-10-14-7-5-4-6-8-14/h4-9H,1,10-11H2,2-3H3/b13-9+. The molecule has 0 saturated carbocycles. The molecule has 0 radical (unpaired) electrons. The van der Waals surface area contributed by atoms with Crippen molar-refractivity contribution in [1.82, 2.24) is 0 Å². The summed E-state index contributed by atoms with van der Waals surface area (Å²) in [5, 5.41) is 0. The van der Waals surface area contributed by atoms with Crippen LogP contribution in [0, 0.1) is 0 Å². The van der Waals surface area contributed by atoms with Crippen LogP contribution in [0.1, 0.15) is 25.8 Å². The molecule has 0 N–H and O–H groups in total. The maximum atomic E-state index is 3.91. The number of hydrogen-bond donors (Lipinski definition) is 0. The first kappa shape index (κ1) is 10.8. The van der Waals surface area contributed by atoms with E-state index in [1.165, 1.54) is 16.7 Å². The van der Waals surface area contributed by atoms with Crippen LogP contribution in [0.15, 0.2) is 54.1 Å². The molecule has 14 heavy (non-hydrogen) atoms. The van der Waals surface area contributed by atoms with Gasteiger partial charge in [0, 0.05) is 0 Å². The zero-order chi connectivity index (χ0) is 10.4. The third-order valence-corrected chi connectivity index (χ3v) is 2.11. The minimum Gasteiger partial charge on any atom is -0.0998 e. The van der Waals surface area contributed by atoms with Gasteiger partial charge in [-0.25, -0.2) is 0 Å². The molecule has 0 spiro atoms. The van der Waals surface area contributed by atoms with Gasteiger partial charge in [-0.2, -0.15) is 0 Å². The lowest BCUT2D eigenvalue weighted by molar-refractivity contribution is 1.08. The summed E-state index contributed by atoms with van der Waals surface area (Å²) in [7, 11) is 0. The molecule has 0 aliphatic rings. The fraction of sp³-hybridized carbons (Fsp3) is 0.286. The zero-order valence-corrected chi connectivity index (χ0v) is 9.09. The summed E-state index contributed by atoms with van der Waals surface area (Å²) in [6, 6.07) is 10.5. The summed E-state index contributed by atoms with van der Waals surface area (Å²) in [5.74, 6) is 0. The van der Waals surface area contributed by atoms with Crippen LogP contribution in [0.4, 0.5) is 0 Å². The smallest absolute Gasteiger partial charge is 0.00948 e. The first-order valence-corrected chi connectivity index (χ1v) is 5.02. The van der Waals surface area contributed by atoms with Gasteiger partial charge in [0.05, 0.1) is 0 Å². The Balaban J connectivity index is 2.51. The maximum Gasteiger partial charge on any atom is -0.00948 e. The minimum atomic E-state index is 1.02. The Labute approximate surface area is 87.0 Å². The topological polar surface area (TPSA) is 0 Å². The zero-order valence-electron chi connectivity index (χ0n) is 9.09. The highest BCUT2D eigenvalue weighted by molar-refractivity contribution is 5.20. The van der Waals surface area contributed by atoms with E-state index >= 15 is 0 Å². The van der Waals surface area contributed by atoms with Crippen molar-refractivity contribution in [3.63, 3.8) is 0 Å². The van der Waals surface area contributed by atoms with Crippen molar-refractivity contribution in [2.24, 2.45) is 0 Å². The van der Waals surface area contributed by atoms with Gasteiger partial charge in [0.2, 0.25) is 0 Å². The van der Waals surface area contributed by atoms with E-state index in [-0.39, 0.29) is 0 Å². The van der Waals surface area contributed by atoms with Gasteiger partial charge >= 0.3 is 0 Å². The number of rotatable bonds is 4. The van der Waals surface area contributed by atoms with E-state index in [1.807, 2.05) is 6.07 Å². The van der Waals surface area contributed by atoms with Crippen molar-refractivity contribution in [2.45, 2.75) is 26.7 Å². The molecule has 0 aliphatic heterocycles. The van der Waals surface area contributed by atoms with Crippen molar-refractivity contribution in [2.75, 3.05) is 0 Å². The molecule has 0 unspecified atom stereocenters. The molecule has 0 atom stereocenters. The monoisotopic (exact) mass is 186 g/mol. The lowest BCUT2D eigenvalue weighted by atomic mass is 10.1. The van der Waals surface area contributed by atoms with E-state index in [2.05, 4.69) is 50.8 Å². The first-order valence-electron chi connectivity index (χ1n) is 5.02. The van der Waals surface area contributed by atoms with Crippen LogP contribution in [0.5, 0.6) is 0 Å². The highest BCUT2D eigenvalue weighted by Crippen LogP contribution is 2.09. The molecular formula is C14H18. The average molecular weight is 186 g/mol. The van der Waals surface area contributed by atoms with Crippen molar-refractivity contribution >= 4 is 0 Å². The first-order chi connectivity index (χ1) is 6.68. The summed E-state index contributed by atoms with van der Waals surface area (Å²) < 4.78 is 0. The lowest BCUT2D eigenvalue weighted by Crippen LogP contribution is -1.83.